The SMILES string of the molecule is COc1ccc(Cl)cc1CNC(=O)NC[C@H]1CCS(=O)(=O)C1. The van der Waals surface area contributed by atoms with Crippen LogP contribution in [-0.4, -0.2) is 39.6 Å². The topological polar surface area (TPSA) is 84.5 Å². The van der Waals surface area contributed by atoms with E-state index in [-0.39, 0.29) is 30.0 Å². The number of rotatable bonds is 5. The number of hydrogen-bond acceptors (Lipinski definition) is 4. The monoisotopic (exact) mass is 346 g/mol. The van der Waals surface area contributed by atoms with Crippen LogP contribution in [0.25, 0.3) is 0 Å². The van der Waals surface area contributed by atoms with Gasteiger partial charge in [-0.3, -0.25) is 0 Å². The fourth-order valence-corrected chi connectivity index (χ4v) is 4.45. The molecule has 1 heterocycles. The highest BCUT2D eigenvalue weighted by Crippen LogP contribution is 2.22. The second-order valence-electron chi connectivity index (χ2n) is 5.29. The molecule has 1 aromatic carbocycles. The Balaban J connectivity index is 1.80. The molecule has 0 spiro atoms. The number of benzene rings is 1. The molecule has 0 unspecified atom stereocenters. The molecule has 122 valence electrons. The zero-order valence-corrected chi connectivity index (χ0v) is 13.8. The Morgan fingerprint density at radius 3 is 2.82 bits per heavy atom. The maximum absolute atomic E-state index is 11.8. The van der Waals surface area contributed by atoms with Crippen molar-refractivity contribution in [1.29, 1.82) is 0 Å². The molecule has 0 aliphatic carbocycles. The van der Waals surface area contributed by atoms with Gasteiger partial charge in [0.15, 0.2) is 9.84 Å². The number of carbonyl (C=O) groups is 1. The van der Waals surface area contributed by atoms with Gasteiger partial charge in [0.05, 0.1) is 18.6 Å². The fourth-order valence-electron chi connectivity index (χ4n) is 2.39. The number of methoxy groups -OCH3 is 1. The number of hydrogen-bond donors (Lipinski definition) is 2. The number of carbonyl (C=O) groups excluding carboxylic acids is 1. The third-order valence-electron chi connectivity index (χ3n) is 3.56. The molecule has 0 bridgehead atoms. The van der Waals surface area contributed by atoms with Crippen LogP contribution in [0.15, 0.2) is 18.2 Å². The van der Waals surface area contributed by atoms with E-state index in [2.05, 4.69) is 10.6 Å². The first-order chi connectivity index (χ1) is 10.4. The van der Waals surface area contributed by atoms with Crippen LogP contribution in [0.1, 0.15) is 12.0 Å². The van der Waals surface area contributed by atoms with E-state index >= 15 is 0 Å². The summed E-state index contributed by atoms with van der Waals surface area (Å²) in [5.41, 5.74) is 0.772. The van der Waals surface area contributed by atoms with Crippen LogP contribution >= 0.6 is 11.6 Å². The summed E-state index contributed by atoms with van der Waals surface area (Å²) >= 11 is 5.92. The van der Waals surface area contributed by atoms with Gasteiger partial charge >= 0.3 is 6.03 Å². The van der Waals surface area contributed by atoms with Crippen LogP contribution in [0.2, 0.25) is 5.02 Å². The first-order valence-corrected chi connectivity index (χ1v) is 9.14. The molecular formula is C14H19ClN2O4S. The average Bonchev–Trinajstić information content (AvgIpc) is 2.82. The predicted molar refractivity (Wildman–Crippen MR) is 85.0 cm³/mol. The van der Waals surface area contributed by atoms with E-state index < -0.39 is 9.84 Å². The summed E-state index contributed by atoms with van der Waals surface area (Å²) in [4.78, 5) is 11.8. The lowest BCUT2D eigenvalue weighted by Crippen LogP contribution is -2.38. The van der Waals surface area contributed by atoms with Crippen molar-refractivity contribution < 1.29 is 17.9 Å². The number of sulfone groups is 1. The molecule has 2 rings (SSSR count). The molecule has 1 fully saturated rings. The summed E-state index contributed by atoms with van der Waals surface area (Å²) in [6.07, 6.45) is 0.602. The highest BCUT2D eigenvalue weighted by Gasteiger charge is 2.27. The highest BCUT2D eigenvalue weighted by molar-refractivity contribution is 7.91. The maximum Gasteiger partial charge on any atom is 0.315 e. The standard InChI is InChI=1S/C14H19ClN2O4S/c1-21-13-3-2-12(15)6-11(13)8-17-14(18)16-7-10-4-5-22(19,20)9-10/h2-3,6,10H,4-5,7-9H2,1H3,(H2,16,17,18)/t10-/m1/s1. The Morgan fingerprint density at radius 2 is 2.18 bits per heavy atom. The minimum absolute atomic E-state index is 0.00328. The molecule has 6 nitrogen and oxygen atoms in total. The average molecular weight is 347 g/mol. The summed E-state index contributed by atoms with van der Waals surface area (Å²) in [7, 11) is -1.37. The minimum atomic E-state index is -2.92. The molecule has 0 saturated carbocycles. The maximum atomic E-state index is 11.8. The highest BCUT2D eigenvalue weighted by atomic mass is 35.5. The zero-order chi connectivity index (χ0) is 16.2. The molecule has 1 saturated heterocycles. The summed E-state index contributed by atoms with van der Waals surface area (Å²) in [6, 6.07) is 4.83. The third kappa shape index (κ3) is 4.78. The quantitative estimate of drug-likeness (QED) is 0.847. The molecule has 2 N–H and O–H groups in total. The predicted octanol–water partition coefficient (Wildman–Crippen LogP) is 1.58. The Morgan fingerprint density at radius 1 is 1.41 bits per heavy atom. The van der Waals surface area contributed by atoms with E-state index in [1.54, 1.807) is 25.3 Å². The molecule has 8 heteroatoms. The minimum Gasteiger partial charge on any atom is -0.496 e. The van der Waals surface area contributed by atoms with E-state index in [9.17, 15) is 13.2 Å². The van der Waals surface area contributed by atoms with Gasteiger partial charge in [-0.1, -0.05) is 11.6 Å². The number of urea groups is 1. The smallest absolute Gasteiger partial charge is 0.315 e. The van der Waals surface area contributed by atoms with Crippen molar-refractivity contribution in [2.24, 2.45) is 5.92 Å². The van der Waals surface area contributed by atoms with Crippen molar-refractivity contribution in [3.05, 3.63) is 28.8 Å². The van der Waals surface area contributed by atoms with E-state index in [0.717, 1.165) is 5.56 Å². The Bertz CT molecular complexity index is 648. The van der Waals surface area contributed by atoms with Crippen LogP contribution in [0, 0.1) is 5.92 Å². The van der Waals surface area contributed by atoms with Crippen LogP contribution < -0.4 is 15.4 Å². The molecular weight excluding hydrogens is 328 g/mol. The van der Waals surface area contributed by atoms with Gasteiger partial charge in [-0.2, -0.15) is 0 Å². The molecule has 0 aromatic heterocycles. The van der Waals surface area contributed by atoms with Gasteiger partial charge in [0.2, 0.25) is 0 Å². The van der Waals surface area contributed by atoms with Crippen molar-refractivity contribution in [3.63, 3.8) is 0 Å². The number of halogens is 1. The van der Waals surface area contributed by atoms with Gasteiger partial charge < -0.3 is 15.4 Å². The van der Waals surface area contributed by atoms with Gasteiger partial charge in [-0.05, 0) is 30.5 Å². The lowest BCUT2D eigenvalue weighted by molar-refractivity contribution is 0.239. The first kappa shape index (κ1) is 16.9. The summed E-state index contributed by atoms with van der Waals surface area (Å²) < 4.78 is 27.9. The van der Waals surface area contributed by atoms with Gasteiger partial charge in [0, 0.05) is 23.7 Å². The normalized spacial score (nSPS) is 19.6. The molecule has 2 amide bonds. The number of amides is 2. The van der Waals surface area contributed by atoms with Crippen molar-refractivity contribution in [2.45, 2.75) is 13.0 Å². The molecule has 1 aliphatic rings. The Hall–Kier alpha value is -1.47. The Kier molecular flexibility index (Phi) is 5.52. The summed E-state index contributed by atoms with van der Waals surface area (Å²) in [5, 5.41) is 5.97. The van der Waals surface area contributed by atoms with Crippen molar-refractivity contribution in [1.82, 2.24) is 10.6 Å². The second-order valence-corrected chi connectivity index (χ2v) is 7.95. The van der Waals surface area contributed by atoms with Crippen LogP contribution in [-0.2, 0) is 16.4 Å². The van der Waals surface area contributed by atoms with Gasteiger partial charge in [0.1, 0.15) is 5.75 Å². The van der Waals surface area contributed by atoms with Gasteiger partial charge in [0.25, 0.3) is 0 Å². The van der Waals surface area contributed by atoms with Crippen LogP contribution in [0.5, 0.6) is 5.75 Å². The second kappa shape index (κ2) is 7.19. The third-order valence-corrected chi connectivity index (χ3v) is 5.63. The van der Waals surface area contributed by atoms with Crippen molar-refractivity contribution >= 4 is 27.5 Å². The van der Waals surface area contributed by atoms with Crippen molar-refractivity contribution in [2.75, 3.05) is 25.2 Å². The molecule has 0 radical (unpaired) electrons. The van der Waals surface area contributed by atoms with E-state index in [1.807, 2.05) is 0 Å². The lowest BCUT2D eigenvalue weighted by atomic mass is 10.1. The van der Waals surface area contributed by atoms with E-state index in [1.165, 1.54) is 0 Å². The van der Waals surface area contributed by atoms with E-state index in [4.69, 9.17) is 16.3 Å². The molecule has 1 aromatic rings. The number of ether oxygens (including phenoxy) is 1. The van der Waals surface area contributed by atoms with E-state index in [0.29, 0.717) is 23.7 Å². The van der Waals surface area contributed by atoms with Gasteiger partial charge in [-0.25, -0.2) is 13.2 Å². The largest absolute Gasteiger partial charge is 0.496 e. The fraction of sp³-hybridized carbons (Fsp3) is 0.500. The zero-order valence-electron chi connectivity index (χ0n) is 12.3. The van der Waals surface area contributed by atoms with Crippen molar-refractivity contribution in [3.8, 4) is 5.75 Å². The molecule has 1 atom stereocenters. The summed E-state index contributed by atoms with van der Waals surface area (Å²) in [5.74, 6) is 0.999. The van der Waals surface area contributed by atoms with Crippen LogP contribution in [0.4, 0.5) is 4.79 Å². The first-order valence-electron chi connectivity index (χ1n) is 6.94. The molecule has 22 heavy (non-hydrogen) atoms. The van der Waals surface area contributed by atoms with Crippen LogP contribution in [0.3, 0.4) is 0 Å². The van der Waals surface area contributed by atoms with Gasteiger partial charge in [-0.15, -0.1) is 0 Å². The summed E-state index contributed by atoms with van der Waals surface area (Å²) in [6.45, 7) is 0.635. The Labute approximate surface area is 135 Å². The number of nitrogens with one attached hydrogen (secondary N) is 2. The molecule has 1 aliphatic heterocycles. The lowest BCUT2D eigenvalue weighted by Gasteiger charge is -2.12.